The van der Waals surface area contributed by atoms with E-state index in [1.807, 2.05) is 0 Å². The molecule has 4 aromatic rings. The maximum Gasteiger partial charge on any atom is 0.308 e. The predicted molar refractivity (Wildman–Crippen MR) is 113 cm³/mol. The molecule has 2 bridgehead atoms. The lowest BCUT2D eigenvalue weighted by Crippen LogP contribution is -2.44. The summed E-state index contributed by atoms with van der Waals surface area (Å²) in [7, 11) is 0. The zero-order chi connectivity index (χ0) is 22.0. The van der Waals surface area contributed by atoms with Gasteiger partial charge in [-0.1, -0.05) is 0 Å². The Labute approximate surface area is 181 Å². The lowest BCUT2D eigenvalue weighted by molar-refractivity contribution is -0.151. The second-order valence-corrected chi connectivity index (χ2v) is 8.78. The number of halogens is 1. The zero-order valence-corrected chi connectivity index (χ0v) is 17.0. The van der Waals surface area contributed by atoms with E-state index in [0.29, 0.717) is 33.6 Å². The molecule has 32 heavy (non-hydrogen) atoms. The van der Waals surface area contributed by atoms with Gasteiger partial charge in [-0.25, -0.2) is 19.3 Å². The van der Waals surface area contributed by atoms with Crippen LogP contribution in [0.5, 0.6) is 0 Å². The largest absolute Gasteiger partial charge is 0.481 e. The van der Waals surface area contributed by atoms with Gasteiger partial charge in [0.25, 0.3) is 0 Å². The SMILES string of the molecule is N#Cc1cnc2[nH]cc(-c3ncc4c(F)cn([C@@H]5C6CCC(CC6)[C@H]5C(=O)O)c4n3)c2c1. The molecule has 9 heteroatoms. The summed E-state index contributed by atoms with van der Waals surface area (Å²) in [5.41, 5.74) is 2.06. The van der Waals surface area contributed by atoms with Gasteiger partial charge < -0.3 is 14.7 Å². The van der Waals surface area contributed by atoms with Gasteiger partial charge in [-0.2, -0.15) is 5.26 Å². The first kappa shape index (κ1) is 18.9. The Morgan fingerprint density at radius 3 is 2.72 bits per heavy atom. The molecule has 0 radical (unpaired) electrons. The van der Waals surface area contributed by atoms with Gasteiger partial charge in [0.1, 0.15) is 17.4 Å². The summed E-state index contributed by atoms with van der Waals surface area (Å²) in [6, 6.07) is 3.46. The van der Waals surface area contributed by atoms with Crippen molar-refractivity contribution >= 4 is 28.0 Å². The van der Waals surface area contributed by atoms with Gasteiger partial charge in [0.05, 0.1) is 22.9 Å². The molecule has 0 aliphatic heterocycles. The molecule has 3 aliphatic carbocycles. The molecule has 0 spiro atoms. The van der Waals surface area contributed by atoms with E-state index in [1.165, 1.54) is 18.6 Å². The van der Waals surface area contributed by atoms with Crippen LogP contribution < -0.4 is 0 Å². The molecule has 0 amide bonds. The highest BCUT2D eigenvalue weighted by Gasteiger charge is 2.48. The fraction of sp³-hybridized carbons (Fsp3) is 0.348. The van der Waals surface area contributed by atoms with Crippen LogP contribution in [0.1, 0.15) is 37.3 Å². The van der Waals surface area contributed by atoms with Crippen LogP contribution in [-0.2, 0) is 4.79 Å². The number of carbonyl (C=O) groups is 1. The third-order valence-corrected chi connectivity index (χ3v) is 7.21. The van der Waals surface area contributed by atoms with E-state index in [2.05, 4.69) is 26.0 Å². The number of carboxylic acids is 1. The maximum absolute atomic E-state index is 14.9. The molecule has 3 aliphatic rings. The lowest BCUT2D eigenvalue weighted by Gasteiger charge is -2.47. The normalized spacial score (nSPS) is 24.8. The van der Waals surface area contributed by atoms with Crippen LogP contribution >= 0.6 is 0 Å². The number of nitrogens with zero attached hydrogens (tertiary/aromatic N) is 5. The Morgan fingerprint density at radius 1 is 1.19 bits per heavy atom. The molecule has 0 aromatic carbocycles. The lowest BCUT2D eigenvalue weighted by atomic mass is 9.61. The van der Waals surface area contributed by atoms with Crippen molar-refractivity contribution in [2.75, 3.05) is 0 Å². The van der Waals surface area contributed by atoms with E-state index < -0.39 is 17.7 Å². The number of H-pyrrole nitrogens is 1. The van der Waals surface area contributed by atoms with E-state index in [9.17, 15) is 19.6 Å². The van der Waals surface area contributed by atoms with Crippen LogP contribution in [0.25, 0.3) is 33.5 Å². The second kappa shape index (κ2) is 6.85. The number of aromatic amines is 1. The van der Waals surface area contributed by atoms with Gasteiger partial charge in [-0.15, -0.1) is 0 Å². The molecule has 0 saturated heterocycles. The van der Waals surface area contributed by atoms with Crippen molar-refractivity contribution in [3.8, 4) is 17.5 Å². The Kier molecular flexibility index (Phi) is 4.05. The van der Waals surface area contributed by atoms with Crippen molar-refractivity contribution in [3.63, 3.8) is 0 Å². The molecule has 3 saturated carbocycles. The smallest absolute Gasteiger partial charge is 0.308 e. The Balaban J connectivity index is 1.53. The fourth-order valence-corrected chi connectivity index (χ4v) is 5.76. The van der Waals surface area contributed by atoms with Crippen LogP contribution in [-0.4, -0.2) is 35.6 Å². The van der Waals surface area contributed by atoms with Crippen LogP contribution in [0.3, 0.4) is 0 Å². The van der Waals surface area contributed by atoms with Crippen LogP contribution in [0.4, 0.5) is 4.39 Å². The van der Waals surface area contributed by atoms with Gasteiger partial charge in [-0.05, 0) is 43.6 Å². The number of rotatable bonds is 3. The molecular formula is C23H19FN6O2. The first-order valence-electron chi connectivity index (χ1n) is 10.7. The summed E-state index contributed by atoms with van der Waals surface area (Å²) in [5.74, 6) is -1.17. The summed E-state index contributed by atoms with van der Waals surface area (Å²) >= 11 is 0. The minimum atomic E-state index is -0.826. The Hall–Kier alpha value is -3.80. The first-order valence-corrected chi connectivity index (χ1v) is 10.7. The molecule has 3 fully saturated rings. The first-order chi connectivity index (χ1) is 15.5. The second-order valence-electron chi connectivity index (χ2n) is 8.78. The Bertz CT molecular complexity index is 1430. The molecule has 4 aromatic heterocycles. The van der Waals surface area contributed by atoms with Crippen LogP contribution in [0.15, 0.2) is 30.9 Å². The van der Waals surface area contributed by atoms with Crippen LogP contribution in [0, 0.1) is 34.9 Å². The number of hydrogen-bond donors (Lipinski definition) is 2. The standard InChI is InChI=1S/C23H19FN6O2/c24-17-10-30(19-13-3-1-12(2-4-13)18(19)23(31)32)22-16(17)9-28-21(29-22)15-8-27-20-14(15)5-11(6-25)7-26-20/h5,7-10,12-13,18-19H,1-4H2,(H,26,27)(H,31,32)/t12?,13?,18-,19-/m1/s1. The van der Waals surface area contributed by atoms with Crippen molar-refractivity contribution < 1.29 is 14.3 Å². The Morgan fingerprint density at radius 2 is 1.97 bits per heavy atom. The average Bonchev–Trinajstić information content (AvgIpc) is 3.39. The molecule has 8 nitrogen and oxygen atoms in total. The molecular weight excluding hydrogens is 411 g/mol. The summed E-state index contributed by atoms with van der Waals surface area (Å²) in [6.45, 7) is 0. The van der Waals surface area contributed by atoms with Crippen molar-refractivity contribution in [1.29, 1.82) is 5.26 Å². The van der Waals surface area contributed by atoms with E-state index in [1.54, 1.807) is 16.8 Å². The number of nitrogens with one attached hydrogen (secondary N) is 1. The monoisotopic (exact) mass is 430 g/mol. The van der Waals surface area contributed by atoms with Crippen molar-refractivity contribution in [1.82, 2.24) is 24.5 Å². The summed E-state index contributed by atoms with van der Waals surface area (Å²) in [5, 5.41) is 20.2. The topological polar surface area (TPSA) is 120 Å². The van der Waals surface area contributed by atoms with E-state index in [0.717, 1.165) is 25.7 Å². The highest BCUT2D eigenvalue weighted by Crippen LogP contribution is 2.52. The molecule has 160 valence electrons. The van der Waals surface area contributed by atoms with Gasteiger partial charge in [-0.3, -0.25) is 4.79 Å². The number of pyridine rings is 1. The third-order valence-electron chi connectivity index (χ3n) is 7.21. The van der Waals surface area contributed by atoms with Crippen molar-refractivity contribution in [2.24, 2.45) is 17.8 Å². The van der Waals surface area contributed by atoms with Gasteiger partial charge in [0.15, 0.2) is 11.6 Å². The summed E-state index contributed by atoms with van der Waals surface area (Å²) in [4.78, 5) is 28.5. The fourth-order valence-electron chi connectivity index (χ4n) is 5.76. The number of aromatic nitrogens is 5. The molecule has 2 N–H and O–H groups in total. The van der Waals surface area contributed by atoms with E-state index >= 15 is 0 Å². The quantitative estimate of drug-likeness (QED) is 0.506. The zero-order valence-electron chi connectivity index (χ0n) is 17.0. The highest BCUT2D eigenvalue weighted by molar-refractivity contribution is 5.93. The molecule has 2 atom stereocenters. The molecule has 4 heterocycles. The number of hydrogen-bond acceptors (Lipinski definition) is 5. The maximum atomic E-state index is 14.9. The van der Waals surface area contributed by atoms with Crippen molar-refractivity contribution in [3.05, 3.63) is 42.2 Å². The van der Waals surface area contributed by atoms with Gasteiger partial charge in [0.2, 0.25) is 0 Å². The van der Waals surface area contributed by atoms with Gasteiger partial charge >= 0.3 is 5.97 Å². The number of aliphatic carboxylic acids is 1. The van der Waals surface area contributed by atoms with Crippen molar-refractivity contribution in [2.45, 2.75) is 31.7 Å². The number of carboxylic acid groups (broad SMARTS) is 1. The minimum Gasteiger partial charge on any atom is -0.481 e. The predicted octanol–water partition coefficient (Wildman–Crippen LogP) is 4.05. The third kappa shape index (κ3) is 2.65. The molecule has 0 unspecified atom stereocenters. The highest BCUT2D eigenvalue weighted by atomic mass is 19.1. The van der Waals surface area contributed by atoms with E-state index in [4.69, 9.17) is 0 Å². The summed E-state index contributed by atoms with van der Waals surface area (Å²) < 4.78 is 16.6. The number of nitriles is 1. The molecule has 7 rings (SSSR count). The van der Waals surface area contributed by atoms with Crippen LogP contribution in [0.2, 0.25) is 0 Å². The average molecular weight is 430 g/mol. The summed E-state index contributed by atoms with van der Waals surface area (Å²) in [6.07, 6.45) is 9.74. The van der Waals surface area contributed by atoms with Gasteiger partial charge in [0, 0.05) is 35.7 Å². The number of fused-ring (bicyclic) bond motifs is 5. The minimum absolute atomic E-state index is 0.105. The van der Waals surface area contributed by atoms with E-state index in [-0.39, 0.29) is 23.3 Å².